The lowest BCUT2D eigenvalue weighted by Crippen LogP contribution is -2.28. The number of carbonyl (C=O) groups is 1. The molecule has 0 spiro atoms. The lowest BCUT2D eigenvalue weighted by Gasteiger charge is -2.09. The molecule has 2 aromatic rings. The van der Waals surface area contributed by atoms with Crippen LogP contribution in [0.2, 0.25) is 5.02 Å². The number of carbonyl (C=O) groups excluding carboxylic acids is 1. The summed E-state index contributed by atoms with van der Waals surface area (Å²) in [6.07, 6.45) is 2.24. The van der Waals surface area contributed by atoms with Crippen LogP contribution in [-0.4, -0.2) is 21.8 Å². The van der Waals surface area contributed by atoms with Gasteiger partial charge in [0.1, 0.15) is 6.04 Å². The average molecular weight is 338 g/mol. The van der Waals surface area contributed by atoms with Crippen LogP contribution in [0.5, 0.6) is 0 Å². The van der Waals surface area contributed by atoms with E-state index in [4.69, 9.17) is 16.1 Å². The zero-order chi connectivity index (χ0) is 15.5. The summed E-state index contributed by atoms with van der Waals surface area (Å²) in [4.78, 5) is 17.3. The number of aromatic nitrogens is 2. The number of halogens is 1. The zero-order valence-corrected chi connectivity index (χ0v) is 13.7. The van der Waals surface area contributed by atoms with E-state index in [0.29, 0.717) is 22.6 Å². The first-order chi connectivity index (χ1) is 10.6. The highest BCUT2D eigenvalue weighted by molar-refractivity contribution is 8.00. The van der Waals surface area contributed by atoms with E-state index in [2.05, 4.69) is 15.5 Å². The number of hydrogen-bond donors (Lipinski definition) is 1. The van der Waals surface area contributed by atoms with Gasteiger partial charge in [-0.2, -0.15) is 4.98 Å². The molecule has 1 atom stereocenters. The van der Waals surface area contributed by atoms with Crippen LogP contribution in [0.1, 0.15) is 43.4 Å². The summed E-state index contributed by atoms with van der Waals surface area (Å²) in [6.45, 7) is 1.84. The van der Waals surface area contributed by atoms with E-state index in [1.165, 1.54) is 11.8 Å². The minimum Gasteiger partial charge on any atom is -0.344 e. The lowest BCUT2D eigenvalue weighted by molar-refractivity contribution is -0.119. The fraction of sp³-hybridized carbons (Fsp3) is 0.400. The molecule has 1 aromatic carbocycles. The second kappa shape index (κ2) is 6.71. The predicted octanol–water partition coefficient (Wildman–Crippen LogP) is 3.57. The summed E-state index contributed by atoms with van der Waals surface area (Å²) in [5, 5.41) is 7.51. The maximum Gasteiger partial charge on any atom is 0.248 e. The Balaban J connectivity index is 1.48. The molecule has 1 fully saturated rings. The van der Waals surface area contributed by atoms with Crippen molar-refractivity contribution >= 4 is 29.3 Å². The maximum atomic E-state index is 12.0. The molecule has 0 aliphatic heterocycles. The smallest absolute Gasteiger partial charge is 0.248 e. The fourth-order valence-corrected chi connectivity index (χ4v) is 2.79. The summed E-state index contributed by atoms with van der Waals surface area (Å²) in [6, 6.07) is 7.12. The van der Waals surface area contributed by atoms with Gasteiger partial charge in [-0.15, -0.1) is 11.8 Å². The molecule has 1 aromatic heterocycles. The van der Waals surface area contributed by atoms with Crippen molar-refractivity contribution < 1.29 is 9.32 Å². The third-order valence-electron chi connectivity index (χ3n) is 3.33. The van der Waals surface area contributed by atoms with Gasteiger partial charge in [-0.3, -0.25) is 4.79 Å². The Kier molecular flexibility index (Phi) is 4.69. The average Bonchev–Trinajstić information content (AvgIpc) is 3.24. The molecule has 1 unspecified atom stereocenters. The van der Waals surface area contributed by atoms with E-state index in [1.54, 1.807) is 0 Å². The summed E-state index contributed by atoms with van der Waals surface area (Å²) in [5.41, 5.74) is 0. The van der Waals surface area contributed by atoms with E-state index in [9.17, 15) is 4.79 Å². The van der Waals surface area contributed by atoms with Gasteiger partial charge in [0.25, 0.3) is 0 Å². The molecule has 1 aliphatic carbocycles. The fourth-order valence-electron chi connectivity index (χ4n) is 1.96. The first kappa shape index (κ1) is 15.4. The van der Waals surface area contributed by atoms with E-state index in [1.807, 2.05) is 31.2 Å². The second-order valence-electron chi connectivity index (χ2n) is 5.30. The van der Waals surface area contributed by atoms with Crippen LogP contribution in [0.3, 0.4) is 0 Å². The maximum absolute atomic E-state index is 12.0. The van der Waals surface area contributed by atoms with Gasteiger partial charge in [0.2, 0.25) is 11.8 Å². The standard InChI is InChI=1S/C15H16ClN3O2S/c1-9(15-18-14(19-21-15)10-2-3-10)17-13(20)8-22-12-6-4-11(16)5-7-12/h4-7,9-10H,2-3,8H2,1H3,(H,17,20). The van der Waals surface area contributed by atoms with Crippen LogP contribution in [0.15, 0.2) is 33.7 Å². The Hall–Kier alpha value is -1.53. The van der Waals surface area contributed by atoms with Crippen molar-refractivity contribution in [3.8, 4) is 0 Å². The van der Waals surface area contributed by atoms with Crippen molar-refractivity contribution in [2.45, 2.75) is 36.6 Å². The van der Waals surface area contributed by atoms with Crippen LogP contribution in [-0.2, 0) is 4.79 Å². The molecule has 3 rings (SSSR count). The molecular weight excluding hydrogens is 322 g/mol. The third kappa shape index (κ3) is 4.01. The Morgan fingerprint density at radius 1 is 1.45 bits per heavy atom. The molecule has 116 valence electrons. The van der Waals surface area contributed by atoms with Gasteiger partial charge in [-0.05, 0) is 44.0 Å². The quantitative estimate of drug-likeness (QED) is 0.816. The normalized spacial score (nSPS) is 15.5. The number of nitrogens with zero attached hydrogens (tertiary/aromatic N) is 2. The molecule has 0 bridgehead atoms. The summed E-state index contributed by atoms with van der Waals surface area (Å²) in [7, 11) is 0. The van der Waals surface area contributed by atoms with Gasteiger partial charge in [0.15, 0.2) is 5.82 Å². The largest absolute Gasteiger partial charge is 0.344 e. The van der Waals surface area contributed by atoms with E-state index < -0.39 is 0 Å². The number of benzene rings is 1. The van der Waals surface area contributed by atoms with Gasteiger partial charge in [0, 0.05) is 15.8 Å². The van der Waals surface area contributed by atoms with Crippen molar-refractivity contribution in [2.24, 2.45) is 0 Å². The lowest BCUT2D eigenvalue weighted by atomic mass is 10.3. The van der Waals surface area contributed by atoms with E-state index in [-0.39, 0.29) is 11.9 Å². The number of nitrogens with one attached hydrogen (secondary N) is 1. The molecule has 22 heavy (non-hydrogen) atoms. The van der Waals surface area contributed by atoms with Gasteiger partial charge >= 0.3 is 0 Å². The van der Waals surface area contributed by atoms with Gasteiger partial charge in [-0.1, -0.05) is 16.8 Å². The number of amides is 1. The molecular formula is C15H16ClN3O2S. The predicted molar refractivity (Wildman–Crippen MR) is 85.0 cm³/mol. The minimum absolute atomic E-state index is 0.0707. The molecule has 1 amide bonds. The molecule has 7 heteroatoms. The molecule has 1 aliphatic rings. The summed E-state index contributed by atoms with van der Waals surface area (Å²) in [5.74, 6) is 1.92. The molecule has 0 saturated heterocycles. The van der Waals surface area contributed by atoms with E-state index in [0.717, 1.165) is 23.6 Å². The second-order valence-corrected chi connectivity index (χ2v) is 6.78. The Labute approximate surface area is 137 Å². The summed E-state index contributed by atoms with van der Waals surface area (Å²) < 4.78 is 5.21. The van der Waals surface area contributed by atoms with Gasteiger partial charge < -0.3 is 9.84 Å². The number of thioether (sulfide) groups is 1. The minimum atomic E-state index is -0.279. The van der Waals surface area contributed by atoms with Crippen molar-refractivity contribution in [3.05, 3.63) is 41.0 Å². The third-order valence-corrected chi connectivity index (χ3v) is 4.60. The number of rotatable bonds is 6. The topological polar surface area (TPSA) is 68.0 Å². The molecule has 1 heterocycles. The van der Waals surface area contributed by atoms with Crippen LogP contribution in [0.25, 0.3) is 0 Å². The molecule has 0 radical (unpaired) electrons. The highest BCUT2D eigenvalue weighted by Crippen LogP contribution is 2.38. The van der Waals surface area contributed by atoms with Crippen molar-refractivity contribution in [1.29, 1.82) is 0 Å². The molecule has 5 nitrogen and oxygen atoms in total. The monoisotopic (exact) mass is 337 g/mol. The van der Waals surface area contributed by atoms with Crippen LogP contribution in [0.4, 0.5) is 0 Å². The SMILES string of the molecule is CC(NC(=O)CSc1ccc(Cl)cc1)c1nc(C2CC2)no1. The number of hydrogen-bond acceptors (Lipinski definition) is 5. The van der Waals surface area contributed by atoms with Crippen LogP contribution in [0, 0.1) is 0 Å². The van der Waals surface area contributed by atoms with E-state index >= 15 is 0 Å². The Morgan fingerprint density at radius 2 is 2.18 bits per heavy atom. The Bertz CT molecular complexity index is 655. The van der Waals surface area contributed by atoms with Gasteiger partial charge in [0.05, 0.1) is 5.75 Å². The summed E-state index contributed by atoms with van der Waals surface area (Å²) >= 11 is 7.28. The van der Waals surface area contributed by atoms with Crippen LogP contribution >= 0.6 is 23.4 Å². The first-order valence-electron chi connectivity index (χ1n) is 7.13. The van der Waals surface area contributed by atoms with Crippen LogP contribution < -0.4 is 5.32 Å². The van der Waals surface area contributed by atoms with Gasteiger partial charge in [-0.25, -0.2) is 0 Å². The molecule has 1 saturated carbocycles. The molecule has 1 N–H and O–H groups in total. The Morgan fingerprint density at radius 3 is 2.86 bits per heavy atom. The first-order valence-corrected chi connectivity index (χ1v) is 8.49. The van der Waals surface area contributed by atoms with Crippen molar-refractivity contribution in [3.63, 3.8) is 0 Å². The zero-order valence-electron chi connectivity index (χ0n) is 12.1. The van der Waals surface area contributed by atoms with Crippen molar-refractivity contribution in [2.75, 3.05) is 5.75 Å². The highest BCUT2D eigenvalue weighted by atomic mass is 35.5. The highest BCUT2D eigenvalue weighted by Gasteiger charge is 2.29. The van der Waals surface area contributed by atoms with Crippen molar-refractivity contribution in [1.82, 2.24) is 15.5 Å².